The molecule has 0 saturated carbocycles. The van der Waals surface area contributed by atoms with E-state index >= 15 is 0 Å². The van der Waals surface area contributed by atoms with Gasteiger partial charge in [0.15, 0.2) is 11.5 Å². The molecule has 0 atom stereocenters. The van der Waals surface area contributed by atoms with Crippen molar-refractivity contribution in [3.05, 3.63) is 58.0 Å². The number of nitrogens with zero attached hydrogens (tertiary/aromatic N) is 4. The van der Waals surface area contributed by atoms with E-state index in [9.17, 15) is 12.8 Å². The van der Waals surface area contributed by atoms with Crippen LogP contribution in [0.1, 0.15) is 32.4 Å². The summed E-state index contributed by atoms with van der Waals surface area (Å²) in [6, 6.07) is 8.37. The van der Waals surface area contributed by atoms with Crippen LogP contribution in [0, 0.1) is 12.7 Å². The van der Waals surface area contributed by atoms with Gasteiger partial charge in [0.2, 0.25) is 5.88 Å². The van der Waals surface area contributed by atoms with E-state index in [0.717, 1.165) is 43.8 Å². The first-order valence-electron chi connectivity index (χ1n) is 12.4. The molecule has 39 heavy (non-hydrogen) atoms. The molecular weight excluding hydrogens is 566 g/mol. The van der Waals surface area contributed by atoms with Crippen molar-refractivity contribution >= 4 is 49.9 Å². The first-order chi connectivity index (χ1) is 18.5. The number of hydrogen-bond donors (Lipinski definition) is 2. The van der Waals surface area contributed by atoms with E-state index in [1.807, 2.05) is 6.92 Å². The zero-order chi connectivity index (χ0) is 27.9. The lowest BCUT2D eigenvalue weighted by Gasteiger charge is -2.34. The Hall–Kier alpha value is -2.99. The Kier molecular flexibility index (Phi) is 7.69. The molecule has 5 rings (SSSR count). The van der Waals surface area contributed by atoms with Crippen molar-refractivity contribution in [2.45, 2.75) is 50.7 Å². The number of nitrogens with one attached hydrogen (secondary N) is 2. The van der Waals surface area contributed by atoms with E-state index < -0.39 is 20.7 Å². The summed E-state index contributed by atoms with van der Waals surface area (Å²) >= 11 is 12.3. The number of benzene rings is 2. The number of rotatable bonds is 7. The number of fused-ring (bicyclic) bond motifs is 1. The number of halogens is 3. The van der Waals surface area contributed by atoms with Crippen LogP contribution in [-0.2, 0) is 10.0 Å². The molecule has 0 aliphatic carbocycles. The number of likely N-dealkylation sites (tertiary alicyclic amines) is 1. The molecule has 206 valence electrons. The van der Waals surface area contributed by atoms with Crippen LogP contribution in [0.4, 0.5) is 10.1 Å². The largest absolute Gasteiger partial charge is 0.474 e. The molecule has 1 aliphatic heterocycles. The third-order valence-electron chi connectivity index (χ3n) is 6.70. The Morgan fingerprint density at radius 1 is 1.13 bits per heavy atom. The predicted octanol–water partition coefficient (Wildman–Crippen LogP) is 5.83. The minimum Gasteiger partial charge on any atom is -0.474 e. The molecule has 0 unspecified atom stereocenters. The fraction of sp³-hybridized carbons (Fsp3) is 0.346. The van der Waals surface area contributed by atoms with E-state index in [4.69, 9.17) is 32.9 Å². The van der Waals surface area contributed by atoms with Gasteiger partial charge in [-0.1, -0.05) is 23.2 Å². The van der Waals surface area contributed by atoms with Gasteiger partial charge in [-0.25, -0.2) is 17.8 Å². The average Bonchev–Trinajstić information content (AvgIpc) is 3.27. The quantitative estimate of drug-likeness (QED) is 0.277. The van der Waals surface area contributed by atoms with Gasteiger partial charge in [0.25, 0.3) is 10.0 Å². The molecule has 1 saturated heterocycles. The van der Waals surface area contributed by atoms with Crippen molar-refractivity contribution in [2.24, 2.45) is 0 Å². The zero-order valence-corrected chi connectivity index (χ0v) is 23.8. The van der Waals surface area contributed by atoms with Crippen LogP contribution in [0.25, 0.3) is 22.4 Å². The van der Waals surface area contributed by atoms with Crippen molar-refractivity contribution in [3.63, 3.8) is 0 Å². The summed E-state index contributed by atoms with van der Waals surface area (Å²) in [5, 5.41) is 8.11. The van der Waals surface area contributed by atoms with Crippen LogP contribution in [0.5, 0.6) is 5.88 Å². The molecule has 4 aromatic rings. The molecule has 0 amide bonds. The van der Waals surface area contributed by atoms with Crippen LogP contribution in [0.3, 0.4) is 0 Å². The number of anilines is 1. The highest BCUT2D eigenvalue weighted by atomic mass is 35.5. The molecule has 0 radical (unpaired) electrons. The Bertz CT molecular complexity index is 1640. The smallest absolute Gasteiger partial charge is 0.264 e. The first kappa shape index (κ1) is 27.6. The third-order valence-corrected chi connectivity index (χ3v) is 8.63. The normalized spacial score (nSPS) is 15.3. The number of piperidine rings is 1. The number of aromatic nitrogens is 4. The summed E-state index contributed by atoms with van der Waals surface area (Å²) in [6.45, 7) is 8.15. The van der Waals surface area contributed by atoms with Crippen LogP contribution >= 0.6 is 23.2 Å². The zero-order valence-electron chi connectivity index (χ0n) is 21.5. The molecule has 13 heteroatoms. The summed E-state index contributed by atoms with van der Waals surface area (Å²) in [5.74, 6) is -0.180. The molecule has 1 aliphatic rings. The van der Waals surface area contributed by atoms with Gasteiger partial charge in [-0.2, -0.15) is 10.1 Å². The average molecular weight is 594 g/mol. The van der Waals surface area contributed by atoms with E-state index in [1.54, 1.807) is 6.07 Å². The fourth-order valence-corrected chi connectivity index (χ4v) is 6.24. The second kappa shape index (κ2) is 10.9. The number of hydrogen-bond acceptors (Lipinski definition) is 7. The summed E-state index contributed by atoms with van der Waals surface area (Å²) in [4.78, 5) is 11.1. The molecule has 1 fully saturated rings. The standard InChI is InChI=1S/C26H27Cl2FN6O3S/c1-14(2)35-10-8-18(9-11-35)38-26-23-15(3)32-33-25(23)30-24(31-26)16-4-7-21(19(28)12-16)34-39(36,37)22-13-17(27)5-6-20(22)29/h4-7,12-14,18,34H,8-11H2,1-3H3,(H,30,31,32,33). The van der Waals surface area contributed by atoms with E-state index in [0.29, 0.717) is 34.3 Å². The minimum absolute atomic E-state index is 0.00695. The Balaban J connectivity index is 1.43. The highest BCUT2D eigenvalue weighted by Gasteiger charge is 2.25. The predicted molar refractivity (Wildman–Crippen MR) is 149 cm³/mol. The number of aryl methyl sites for hydroxylation is 1. The highest BCUT2D eigenvalue weighted by molar-refractivity contribution is 7.92. The maximum absolute atomic E-state index is 14.2. The van der Waals surface area contributed by atoms with Gasteiger partial charge in [0.1, 0.15) is 22.2 Å². The Morgan fingerprint density at radius 2 is 1.87 bits per heavy atom. The topological polar surface area (TPSA) is 113 Å². The van der Waals surface area contributed by atoms with Crippen LogP contribution < -0.4 is 9.46 Å². The van der Waals surface area contributed by atoms with Crippen LogP contribution in [-0.4, -0.2) is 58.7 Å². The lowest BCUT2D eigenvalue weighted by Crippen LogP contribution is -2.41. The van der Waals surface area contributed by atoms with E-state index in [1.165, 1.54) is 18.2 Å². The van der Waals surface area contributed by atoms with E-state index in [2.05, 4.69) is 38.7 Å². The SMILES string of the molecule is Cc1[nH]nc2nc(-c3ccc(NS(=O)(=O)c4cc(Cl)ccc4F)c(Cl)c3)nc(OC3CCN(C(C)C)CC3)c12. The van der Waals surface area contributed by atoms with Gasteiger partial charge >= 0.3 is 0 Å². The number of H-pyrrole nitrogens is 1. The number of ether oxygens (including phenoxy) is 1. The molecule has 9 nitrogen and oxygen atoms in total. The second-order valence-corrected chi connectivity index (χ2v) is 12.2. The molecular formula is C26H27Cl2FN6O3S. The Labute approximate surface area is 235 Å². The van der Waals surface area contributed by atoms with Crippen molar-refractivity contribution in [3.8, 4) is 17.3 Å². The first-order valence-corrected chi connectivity index (χ1v) is 14.7. The maximum atomic E-state index is 14.2. The highest BCUT2D eigenvalue weighted by Crippen LogP contribution is 2.33. The molecule has 0 spiro atoms. The molecule has 3 heterocycles. The molecule has 2 aromatic carbocycles. The van der Waals surface area contributed by atoms with Gasteiger partial charge in [0, 0.05) is 35.4 Å². The van der Waals surface area contributed by atoms with E-state index in [-0.39, 0.29) is 21.8 Å². The van der Waals surface area contributed by atoms with Gasteiger partial charge in [0.05, 0.1) is 10.7 Å². The number of aromatic amines is 1. The van der Waals surface area contributed by atoms with Gasteiger partial charge in [-0.3, -0.25) is 9.82 Å². The number of sulfonamides is 1. The van der Waals surface area contributed by atoms with Gasteiger partial charge in [-0.05, 0) is 70.0 Å². The maximum Gasteiger partial charge on any atom is 0.264 e. The lowest BCUT2D eigenvalue weighted by molar-refractivity contribution is 0.0824. The monoisotopic (exact) mass is 592 g/mol. The summed E-state index contributed by atoms with van der Waals surface area (Å²) < 4.78 is 48.5. The van der Waals surface area contributed by atoms with Crippen molar-refractivity contribution < 1.29 is 17.5 Å². The fourth-order valence-electron chi connectivity index (χ4n) is 4.53. The Morgan fingerprint density at radius 3 is 2.56 bits per heavy atom. The summed E-state index contributed by atoms with van der Waals surface area (Å²) in [5.41, 5.74) is 1.83. The van der Waals surface area contributed by atoms with Crippen molar-refractivity contribution in [2.75, 3.05) is 17.8 Å². The summed E-state index contributed by atoms with van der Waals surface area (Å²) in [6.07, 6.45) is 1.76. The summed E-state index contributed by atoms with van der Waals surface area (Å²) in [7, 11) is -4.29. The second-order valence-electron chi connectivity index (χ2n) is 9.72. The van der Waals surface area contributed by atoms with Crippen LogP contribution in [0.15, 0.2) is 41.3 Å². The molecule has 2 aromatic heterocycles. The van der Waals surface area contributed by atoms with Crippen LogP contribution in [0.2, 0.25) is 10.0 Å². The van der Waals surface area contributed by atoms with Gasteiger partial charge in [-0.15, -0.1) is 0 Å². The third kappa shape index (κ3) is 5.81. The molecule has 0 bridgehead atoms. The van der Waals surface area contributed by atoms with Gasteiger partial charge < -0.3 is 9.64 Å². The lowest BCUT2D eigenvalue weighted by atomic mass is 10.1. The minimum atomic E-state index is -4.29. The van der Waals surface area contributed by atoms with Crippen molar-refractivity contribution in [1.82, 2.24) is 25.1 Å². The van der Waals surface area contributed by atoms with Crippen molar-refractivity contribution in [1.29, 1.82) is 0 Å². The molecule has 2 N–H and O–H groups in total.